The molecule has 0 fully saturated rings. The molecule has 1 aromatic heterocycles. The van der Waals surface area contributed by atoms with Gasteiger partial charge in [0, 0.05) is 11.8 Å². The van der Waals surface area contributed by atoms with E-state index < -0.39 is 0 Å². The summed E-state index contributed by atoms with van der Waals surface area (Å²) < 4.78 is 1.43. The molecule has 0 atom stereocenters. The Hall–Kier alpha value is -2.65. The fourth-order valence-electron chi connectivity index (χ4n) is 1.66. The molecule has 0 unspecified atom stereocenters. The number of hydrogen-bond acceptors (Lipinski definition) is 4. The Morgan fingerprint density at radius 3 is 3.05 bits per heavy atom. The lowest BCUT2D eigenvalue weighted by atomic mass is 10.1. The Labute approximate surface area is 116 Å². The van der Waals surface area contributed by atoms with Crippen molar-refractivity contribution >= 4 is 11.6 Å². The summed E-state index contributed by atoms with van der Waals surface area (Å²) in [5.41, 5.74) is 2.29. The molecule has 1 aromatic carbocycles. The number of carbonyl (C=O) groups excluding carboxylic acids is 1. The van der Waals surface area contributed by atoms with Crippen LogP contribution in [-0.4, -0.2) is 32.6 Å². The van der Waals surface area contributed by atoms with Crippen molar-refractivity contribution in [2.75, 3.05) is 11.9 Å². The molecule has 0 aliphatic carbocycles. The molecular weight excluding hydrogens is 256 g/mol. The van der Waals surface area contributed by atoms with Gasteiger partial charge in [-0.2, -0.15) is 0 Å². The second-order valence-electron chi connectivity index (χ2n) is 4.16. The van der Waals surface area contributed by atoms with Crippen molar-refractivity contribution in [3.63, 3.8) is 0 Å². The van der Waals surface area contributed by atoms with Crippen LogP contribution in [0.5, 0.6) is 0 Å². The van der Waals surface area contributed by atoms with Crippen molar-refractivity contribution in [1.82, 2.24) is 15.0 Å². The van der Waals surface area contributed by atoms with Crippen LogP contribution in [0, 0.1) is 18.8 Å². The first-order valence-electron chi connectivity index (χ1n) is 6.03. The summed E-state index contributed by atoms with van der Waals surface area (Å²) in [7, 11) is 0. The minimum atomic E-state index is -0.222. The van der Waals surface area contributed by atoms with Crippen LogP contribution in [0.1, 0.15) is 11.1 Å². The predicted molar refractivity (Wildman–Crippen MR) is 73.8 cm³/mol. The van der Waals surface area contributed by atoms with Gasteiger partial charge in [-0.1, -0.05) is 23.1 Å². The number of nitrogens with one attached hydrogen (secondary N) is 1. The summed E-state index contributed by atoms with van der Waals surface area (Å²) in [6.07, 6.45) is 3.13. The van der Waals surface area contributed by atoms with Crippen LogP contribution in [0.15, 0.2) is 30.6 Å². The van der Waals surface area contributed by atoms with E-state index in [1.54, 1.807) is 6.20 Å². The molecule has 6 nitrogen and oxygen atoms in total. The molecule has 0 aliphatic heterocycles. The zero-order valence-electron chi connectivity index (χ0n) is 11.0. The highest BCUT2D eigenvalue weighted by Crippen LogP contribution is 2.16. The maximum atomic E-state index is 11.9. The number of rotatable bonds is 3. The molecule has 1 heterocycles. The number of aliphatic hydroxyl groups is 1. The van der Waals surface area contributed by atoms with Gasteiger partial charge in [-0.05, 0) is 24.6 Å². The average Bonchev–Trinajstić information content (AvgIpc) is 2.90. The van der Waals surface area contributed by atoms with Crippen molar-refractivity contribution in [3.05, 3.63) is 41.7 Å². The van der Waals surface area contributed by atoms with Crippen molar-refractivity contribution in [2.24, 2.45) is 0 Å². The van der Waals surface area contributed by atoms with E-state index >= 15 is 0 Å². The Kier molecular flexibility index (Phi) is 4.47. The first kappa shape index (κ1) is 13.8. The van der Waals surface area contributed by atoms with Crippen molar-refractivity contribution < 1.29 is 9.90 Å². The quantitative estimate of drug-likeness (QED) is 0.799. The van der Waals surface area contributed by atoms with Crippen LogP contribution in [-0.2, 0) is 11.3 Å². The Morgan fingerprint density at radius 2 is 2.35 bits per heavy atom. The summed E-state index contributed by atoms with van der Waals surface area (Å²) >= 11 is 0. The number of aliphatic hydroxyl groups excluding tert-OH is 1. The molecule has 20 heavy (non-hydrogen) atoms. The normalized spacial score (nSPS) is 9.70. The zero-order valence-corrected chi connectivity index (χ0v) is 11.0. The number of carbonyl (C=O) groups is 1. The second kappa shape index (κ2) is 6.50. The number of anilines is 1. The number of aryl methyl sites for hydroxylation is 1. The molecule has 6 heteroatoms. The number of amides is 1. The van der Waals surface area contributed by atoms with Gasteiger partial charge >= 0.3 is 0 Å². The summed E-state index contributed by atoms with van der Waals surface area (Å²) in [6, 6.07) is 5.54. The van der Waals surface area contributed by atoms with Crippen LogP contribution in [0.3, 0.4) is 0 Å². The molecule has 102 valence electrons. The molecule has 0 saturated carbocycles. The summed E-state index contributed by atoms with van der Waals surface area (Å²) in [5, 5.41) is 18.9. The van der Waals surface area contributed by atoms with Gasteiger partial charge in [-0.3, -0.25) is 4.79 Å². The Balaban J connectivity index is 2.15. The monoisotopic (exact) mass is 270 g/mol. The molecule has 2 rings (SSSR count). The maximum Gasteiger partial charge on any atom is 0.246 e. The number of benzene rings is 1. The molecule has 0 bridgehead atoms. The van der Waals surface area contributed by atoms with Gasteiger partial charge in [0.15, 0.2) is 0 Å². The van der Waals surface area contributed by atoms with Gasteiger partial charge in [0.1, 0.15) is 13.2 Å². The highest BCUT2D eigenvalue weighted by atomic mass is 16.2. The summed E-state index contributed by atoms with van der Waals surface area (Å²) in [6.45, 7) is 1.79. The molecule has 0 saturated heterocycles. The van der Waals surface area contributed by atoms with E-state index in [0.717, 1.165) is 5.56 Å². The van der Waals surface area contributed by atoms with Gasteiger partial charge < -0.3 is 10.4 Å². The minimum absolute atomic E-state index is 0.0841. The minimum Gasteiger partial charge on any atom is -0.384 e. The van der Waals surface area contributed by atoms with Gasteiger partial charge in [-0.25, -0.2) is 4.68 Å². The highest BCUT2D eigenvalue weighted by Gasteiger charge is 2.07. The van der Waals surface area contributed by atoms with Crippen molar-refractivity contribution in [2.45, 2.75) is 13.5 Å². The predicted octanol–water partition coefficient (Wildman–Crippen LogP) is 0.569. The van der Waals surface area contributed by atoms with Crippen molar-refractivity contribution in [3.8, 4) is 11.8 Å². The van der Waals surface area contributed by atoms with Crippen molar-refractivity contribution in [1.29, 1.82) is 0 Å². The third-order valence-electron chi connectivity index (χ3n) is 2.53. The molecule has 2 aromatic rings. The van der Waals surface area contributed by atoms with Gasteiger partial charge in [0.25, 0.3) is 0 Å². The molecule has 2 N–H and O–H groups in total. The average molecular weight is 270 g/mol. The van der Waals surface area contributed by atoms with Gasteiger partial charge in [0.05, 0.1) is 11.9 Å². The second-order valence-corrected chi connectivity index (χ2v) is 4.16. The maximum absolute atomic E-state index is 11.9. The highest BCUT2D eigenvalue weighted by molar-refractivity contribution is 5.92. The summed E-state index contributed by atoms with van der Waals surface area (Å²) in [5.74, 6) is 5.16. The lowest BCUT2D eigenvalue weighted by Crippen LogP contribution is -2.19. The van der Waals surface area contributed by atoms with Gasteiger partial charge in [-0.15, -0.1) is 5.10 Å². The third-order valence-corrected chi connectivity index (χ3v) is 2.53. The smallest absolute Gasteiger partial charge is 0.246 e. The van der Waals surface area contributed by atoms with Gasteiger partial charge in [0.2, 0.25) is 5.91 Å². The van der Waals surface area contributed by atoms with E-state index in [9.17, 15) is 4.79 Å². The molecular formula is C14H14N4O2. The first-order chi connectivity index (χ1) is 9.69. The van der Waals surface area contributed by atoms with Crippen LogP contribution < -0.4 is 5.32 Å². The number of hydrogen-bond donors (Lipinski definition) is 2. The molecule has 1 amide bonds. The number of nitrogens with zero attached hydrogens (tertiary/aromatic N) is 3. The van der Waals surface area contributed by atoms with E-state index in [-0.39, 0.29) is 19.1 Å². The largest absolute Gasteiger partial charge is 0.384 e. The Bertz CT molecular complexity index is 654. The van der Waals surface area contributed by atoms with Crippen LogP contribution >= 0.6 is 0 Å². The third kappa shape index (κ3) is 3.67. The SMILES string of the molecule is Cc1ccc(C#CCO)c(NC(=O)Cn2ccnn2)c1. The van der Waals surface area contributed by atoms with E-state index in [1.165, 1.54) is 10.9 Å². The van der Waals surface area contributed by atoms with E-state index in [0.29, 0.717) is 11.3 Å². The number of aromatic nitrogens is 3. The van der Waals surface area contributed by atoms with Crippen LogP contribution in [0.2, 0.25) is 0 Å². The topological polar surface area (TPSA) is 80.0 Å². The first-order valence-corrected chi connectivity index (χ1v) is 6.03. The summed E-state index contributed by atoms with van der Waals surface area (Å²) in [4.78, 5) is 11.9. The fraction of sp³-hybridized carbons (Fsp3) is 0.214. The van der Waals surface area contributed by atoms with E-state index in [2.05, 4.69) is 27.5 Å². The van der Waals surface area contributed by atoms with E-state index in [1.807, 2.05) is 25.1 Å². The van der Waals surface area contributed by atoms with Crippen LogP contribution in [0.25, 0.3) is 0 Å². The standard InChI is InChI=1S/C14H14N4O2/c1-11-4-5-12(3-2-8-19)13(9-11)16-14(20)10-18-7-6-15-17-18/h4-7,9,19H,8,10H2,1H3,(H,16,20). The zero-order chi connectivity index (χ0) is 14.4. The van der Waals surface area contributed by atoms with E-state index in [4.69, 9.17) is 5.11 Å². The van der Waals surface area contributed by atoms with Crippen LogP contribution in [0.4, 0.5) is 5.69 Å². The fourth-order valence-corrected chi connectivity index (χ4v) is 1.66. The molecule has 0 spiro atoms. The molecule has 0 radical (unpaired) electrons. The molecule has 0 aliphatic rings. The lowest BCUT2D eigenvalue weighted by Gasteiger charge is -2.08. The Morgan fingerprint density at radius 1 is 1.50 bits per heavy atom. The lowest BCUT2D eigenvalue weighted by molar-refractivity contribution is -0.116.